The molecule has 0 aromatic heterocycles. The van der Waals surface area contributed by atoms with Crippen molar-refractivity contribution in [2.45, 2.75) is 29.6 Å². The van der Waals surface area contributed by atoms with Gasteiger partial charge in [-0.1, -0.05) is 0 Å². The van der Waals surface area contributed by atoms with E-state index in [1.807, 2.05) is 0 Å². The summed E-state index contributed by atoms with van der Waals surface area (Å²) in [4.78, 5) is -0.335. The maximum atomic E-state index is 14.1. The van der Waals surface area contributed by atoms with Gasteiger partial charge in [0.1, 0.15) is 11.9 Å². The SMILES string of the molecule is O=S(=O)(O)c1ccc(NCC2CC(C(F)(F)F)NN2c2ccc(F)cc2F)cc1. The number of rotatable bonds is 5. The summed E-state index contributed by atoms with van der Waals surface area (Å²) in [6, 6.07) is 4.72. The highest BCUT2D eigenvalue weighted by molar-refractivity contribution is 7.85. The highest BCUT2D eigenvalue weighted by atomic mass is 32.2. The molecule has 6 nitrogen and oxygen atoms in total. The number of hydrazine groups is 1. The van der Waals surface area contributed by atoms with Crippen LogP contribution in [0.5, 0.6) is 0 Å². The van der Waals surface area contributed by atoms with Crippen LogP contribution in [0.4, 0.5) is 33.3 Å². The average Bonchev–Trinajstić information content (AvgIpc) is 3.04. The van der Waals surface area contributed by atoms with Gasteiger partial charge in [-0.25, -0.2) is 14.2 Å². The minimum Gasteiger partial charge on any atom is -0.383 e. The van der Waals surface area contributed by atoms with Crippen LogP contribution in [0.1, 0.15) is 6.42 Å². The van der Waals surface area contributed by atoms with Crippen LogP contribution in [0, 0.1) is 11.6 Å². The quantitative estimate of drug-likeness (QED) is 0.492. The molecule has 2 aromatic rings. The summed E-state index contributed by atoms with van der Waals surface area (Å²) in [6.07, 6.45) is -4.96. The van der Waals surface area contributed by atoms with Crippen molar-refractivity contribution in [3.8, 4) is 0 Å². The fourth-order valence-corrected chi connectivity index (χ4v) is 3.49. The van der Waals surface area contributed by atoms with Crippen molar-refractivity contribution in [2.75, 3.05) is 16.9 Å². The second-order valence-corrected chi connectivity index (χ2v) is 7.88. The van der Waals surface area contributed by atoms with Crippen LogP contribution in [0.25, 0.3) is 0 Å². The summed E-state index contributed by atoms with van der Waals surface area (Å²) in [7, 11) is -4.37. The molecule has 1 aliphatic rings. The molecule has 29 heavy (non-hydrogen) atoms. The molecule has 1 aliphatic heterocycles. The fraction of sp³-hybridized carbons (Fsp3) is 0.294. The molecule has 0 saturated carbocycles. The molecule has 3 rings (SSSR count). The van der Waals surface area contributed by atoms with Crippen molar-refractivity contribution in [1.82, 2.24) is 5.43 Å². The van der Waals surface area contributed by atoms with Gasteiger partial charge in [0, 0.05) is 18.3 Å². The second-order valence-electron chi connectivity index (χ2n) is 6.46. The van der Waals surface area contributed by atoms with Crippen molar-refractivity contribution in [2.24, 2.45) is 0 Å². The van der Waals surface area contributed by atoms with E-state index < -0.39 is 46.4 Å². The predicted octanol–water partition coefficient (Wildman–Crippen LogP) is 3.34. The first kappa shape index (κ1) is 21.3. The molecule has 1 saturated heterocycles. The summed E-state index contributed by atoms with van der Waals surface area (Å²) < 4.78 is 97.8. The third kappa shape index (κ3) is 4.95. The molecule has 3 N–H and O–H groups in total. The molecule has 2 aromatic carbocycles. The summed E-state index contributed by atoms with van der Waals surface area (Å²) in [5, 5.41) is 3.85. The molecule has 1 heterocycles. The van der Waals surface area contributed by atoms with E-state index in [4.69, 9.17) is 4.55 Å². The number of hydrogen-bond donors (Lipinski definition) is 3. The molecule has 0 aliphatic carbocycles. The van der Waals surface area contributed by atoms with E-state index in [1.54, 1.807) is 0 Å². The molecule has 0 bridgehead atoms. The van der Waals surface area contributed by atoms with Crippen LogP contribution in [-0.4, -0.2) is 37.8 Å². The van der Waals surface area contributed by atoms with Crippen LogP contribution in [0.3, 0.4) is 0 Å². The van der Waals surface area contributed by atoms with Crippen molar-refractivity contribution in [3.05, 3.63) is 54.1 Å². The Bertz CT molecular complexity index is 983. The van der Waals surface area contributed by atoms with Gasteiger partial charge < -0.3 is 10.3 Å². The highest BCUT2D eigenvalue weighted by Gasteiger charge is 2.48. The first-order chi connectivity index (χ1) is 13.4. The van der Waals surface area contributed by atoms with E-state index in [2.05, 4.69) is 10.7 Å². The number of benzene rings is 2. The molecule has 1 fully saturated rings. The molecular formula is C17H16F5N3O3S. The van der Waals surface area contributed by atoms with Crippen molar-refractivity contribution in [3.63, 3.8) is 0 Å². The van der Waals surface area contributed by atoms with Gasteiger partial charge in [-0.3, -0.25) is 4.55 Å². The first-order valence-corrected chi connectivity index (χ1v) is 9.78. The van der Waals surface area contributed by atoms with Crippen molar-refractivity contribution >= 4 is 21.5 Å². The molecular weight excluding hydrogens is 421 g/mol. The van der Waals surface area contributed by atoms with Crippen LogP contribution in [0.2, 0.25) is 0 Å². The summed E-state index contributed by atoms with van der Waals surface area (Å²) >= 11 is 0. The van der Waals surface area contributed by atoms with Gasteiger partial charge in [0.25, 0.3) is 10.1 Å². The Morgan fingerprint density at radius 2 is 1.79 bits per heavy atom. The summed E-state index contributed by atoms with van der Waals surface area (Å²) in [5.41, 5.74) is 2.37. The maximum Gasteiger partial charge on any atom is 0.405 e. The van der Waals surface area contributed by atoms with E-state index in [0.29, 0.717) is 11.8 Å². The zero-order valence-electron chi connectivity index (χ0n) is 14.6. The van der Waals surface area contributed by atoms with Gasteiger partial charge in [-0.15, -0.1) is 0 Å². The minimum absolute atomic E-state index is 0.0540. The van der Waals surface area contributed by atoms with Crippen molar-refractivity contribution < 1.29 is 34.9 Å². The number of nitrogens with zero attached hydrogens (tertiary/aromatic N) is 1. The molecule has 2 atom stereocenters. The monoisotopic (exact) mass is 437 g/mol. The lowest BCUT2D eigenvalue weighted by atomic mass is 10.1. The second kappa shape index (κ2) is 7.76. The van der Waals surface area contributed by atoms with Crippen LogP contribution in [0.15, 0.2) is 47.4 Å². The smallest absolute Gasteiger partial charge is 0.383 e. The van der Waals surface area contributed by atoms with Crippen molar-refractivity contribution in [1.29, 1.82) is 0 Å². The molecule has 158 valence electrons. The van der Waals surface area contributed by atoms with E-state index in [1.165, 1.54) is 12.1 Å². The molecule has 0 amide bonds. The zero-order valence-corrected chi connectivity index (χ0v) is 15.4. The maximum absolute atomic E-state index is 14.1. The van der Waals surface area contributed by atoms with Gasteiger partial charge in [0.05, 0.1) is 16.6 Å². The van der Waals surface area contributed by atoms with Crippen LogP contribution >= 0.6 is 0 Å². The third-order valence-corrected chi connectivity index (χ3v) is 5.29. The standard InChI is InChI=1S/C17H16F5N3O3S/c18-10-1-6-15(14(19)7-10)25-12(8-16(24-25)17(20,21)22)9-23-11-2-4-13(5-3-11)29(26,27)28/h1-7,12,16,23-24H,8-9H2,(H,26,27,28). The Morgan fingerprint density at radius 3 is 2.34 bits per heavy atom. The number of halogens is 5. The largest absolute Gasteiger partial charge is 0.405 e. The molecule has 0 spiro atoms. The summed E-state index contributed by atoms with van der Waals surface area (Å²) in [6.45, 7) is -0.0540. The summed E-state index contributed by atoms with van der Waals surface area (Å²) in [5.74, 6) is -1.87. The average molecular weight is 437 g/mol. The number of alkyl halides is 3. The lowest BCUT2D eigenvalue weighted by Crippen LogP contribution is -2.46. The normalized spacial score (nSPS) is 20.1. The van der Waals surface area contributed by atoms with Gasteiger partial charge in [0.15, 0.2) is 5.82 Å². The lowest BCUT2D eigenvalue weighted by Gasteiger charge is -2.27. The molecule has 0 radical (unpaired) electrons. The van der Waals surface area contributed by atoms with E-state index in [9.17, 15) is 30.4 Å². The van der Waals surface area contributed by atoms with E-state index in [0.717, 1.165) is 29.3 Å². The van der Waals surface area contributed by atoms with Crippen LogP contribution in [-0.2, 0) is 10.1 Å². The number of nitrogens with one attached hydrogen (secondary N) is 2. The number of anilines is 2. The Balaban J connectivity index is 1.79. The van der Waals surface area contributed by atoms with Gasteiger partial charge in [-0.2, -0.15) is 21.6 Å². The Kier molecular flexibility index (Phi) is 5.70. The van der Waals surface area contributed by atoms with E-state index >= 15 is 0 Å². The first-order valence-electron chi connectivity index (χ1n) is 8.34. The topological polar surface area (TPSA) is 81.7 Å². The number of hydrogen-bond acceptors (Lipinski definition) is 5. The third-order valence-electron chi connectivity index (χ3n) is 4.43. The predicted molar refractivity (Wildman–Crippen MR) is 95.0 cm³/mol. The molecule has 12 heteroatoms. The van der Waals surface area contributed by atoms with Crippen LogP contribution < -0.4 is 15.8 Å². The Morgan fingerprint density at radius 1 is 1.14 bits per heavy atom. The van der Waals surface area contributed by atoms with Gasteiger partial charge >= 0.3 is 6.18 Å². The van der Waals surface area contributed by atoms with E-state index in [-0.39, 0.29) is 17.1 Å². The van der Waals surface area contributed by atoms with Gasteiger partial charge in [0.2, 0.25) is 0 Å². The fourth-order valence-electron chi connectivity index (χ4n) is 3.01. The minimum atomic E-state index is -4.57. The highest BCUT2D eigenvalue weighted by Crippen LogP contribution is 2.33. The zero-order chi connectivity index (χ0) is 21.4. The Labute approximate surface area is 163 Å². The Hall–Kier alpha value is -2.44. The lowest BCUT2D eigenvalue weighted by molar-refractivity contribution is -0.152. The van der Waals surface area contributed by atoms with Gasteiger partial charge in [-0.05, 0) is 42.8 Å². The molecule has 2 unspecified atom stereocenters.